The van der Waals surface area contributed by atoms with Crippen LogP contribution in [-0.4, -0.2) is 34.5 Å². The van der Waals surface area contributed by atoms with Crippen molar-refractivity contribution in [3.8, 4) is 0 Å². The van der Waals surface area contributed by atoms with Crippen LogP contribution in [0.2, 0.25) is 0 Å². The third kappa shape index (κ3) is 2.29. The zero-order valence-electron chi connectivity index (χ0n) is 9.30. The van der Waals surface area contributed by atoms with Gasteiger partial charge in [-0.2, -0.15) is 0 Å². The number of carbonyl (C=O) groups excluding carboxylic acids is 2. The van der Waals surface area contributed by atoms with Gasteiger partial charge in [0.1, 0.15) is 6.04 Å². The molecule has 0 aromatic heterocycles. The van der Waals surface area contributed by atoms with Crippen LogP contribution in [0.5, 0.6) is 0 Å². The maximum Gasteiger partial charge on any atom is 0.266 e. The Kier molecular flexibility index (Phi) is 3.39. The Morgan fingerprint density at radius 1 is 1.29 bits per heavy atom. The van der Waals surface area contributed by atoms with E-state index in [0.29, 0.717) is 18.5 Å². The summed E-state index contributed by atoms with van der Waals surface area (Å²) >= 11 is 0. The second-order valence-electron chi connectivity index (χ2n) is 4.00. The first-order chi connectivity index (χ1) is 8.24. The lowest BCUT2D eigenvalue weighted by Gasteiger charge is -2.22. The zero-order chi connectivity index (χ0) is 12.3. The minimum atomic E-state index is -0.562. The van der Waals surface area contributed by atoms with Gasteiger partial charge in [0.2, 0.25) is 0 Å². The van der Waals surface area contributed by atoms with Crippen molar-refractivity contribution in [2.75, 3.05) is 6.54 Å². The number of carbonyl (C=O) groups is 2. The van der Waals surface area contributed by atoms with Crippen LogP contribution < -0.4 is 5.48 Å². The molecule has 1 saturated heterocycles. The maximum absolute atomic E-state index is 12.1. The Bertz CT molecular complexity index is 419. The SMILES string of the molecule is O=C(NO)[C@@H]1CCCN1C(=O)c1ccccc1. The number of hydroxylamine groups is 1. The molecule has 5 nitrogen and oxygen atoms in total. The molecular weight excluding hydrogens is 220 g/mol. The van der Waals surface area contributed by atoms with E-state index in [-0.39, 0.29) is 5.91 Å². The molecule has 2 N–H and O–H groups in total. The number of rotatable bonds is 2. The van der Waals surface area contributed by atoms with Gasteiger partial charge in [0, 0.05) is 12.1 Å². The summed E-state index contributed by atoms with van der Waals surface area (Å²) in [5.41, 5.74) is 2.17. The minimum Gasteiger partial charge on any atom is -0.327 e. The standard InChI is InChI=1S/C12H14N2O3/c15-11(13-17)10-7-4-8-14(10)12(16)9-5-2-1-3-6-9/h1-3,5-6,10,17H,4,7-8H2,(H,13,15)/t10-/m0/s1. The molecule has 90 valence electrons. The van der Waals surface area contributed by atoms with Crippen molar-refractivity contribution in [1.82, 2.24) is 10.4 Å². The van der Waals surface area contributed by atoms with Crippen molar-refractivity contribution in [2.24, 2.45) is 0 Å². The van der Waals surface area contributed by atoms with Crippen LogP contribution in [0.4, 0.5) is 0 Å². The zero-order valence-corrected chi connectivity index (χ0v) is 9.30. The smallest absolute Gasteiger partial charge is 0.266 e. The molecule has 0 bridgehead atoms. The molecule has 1 fully saturated rings. The molecule has 0 spiro atoms. The number of benzene rings is 1. The summed E-state index contributed by atoms with van der Waals surface area (Å²) in [7, 11) is 0. The van der Waals surface area contributed by atoms with Crippen molar-refractivity contribution in [3.05, 3.63) is 35.9 Å². The van der Waals surface area contributed by atoms with Crippen LogP contribution in [0.25, 0.3) is 0 Å². The highest BCUT2D eigenvalue weighted by molar-refractivity contribution is 5.97. The first-order valence-corrected chi connectivity index (χ1v) is 5.54. The number of amides is 2. The van der Waals surface area contributed by atoms with Gasteiger partial charge in [0.15, 0.2) is 0 Å². The number of likely N-dealkylation sites (tertiary alicyclic amines) is 1. The fraction of sp³-hybridized carbons (Fsp3) is 0.333. The van der Waals surface area contributed by atoms with E-state index in [1.54, 1.807) is 29.7 Å². The molecule has 0 saturated carbocycles. The van der Waals surface area contributed by atoms with Gasteiger partial charge >= 0.3 is 0 Å². The van der Waals surface area contributed by atoms with E-state index in [0.717, 1.165) is 6.42 Å². The molecule has 1 aromatic rings. The number of nitrogens with zero attached hydrogens (tertiary/aromatic N) is 1. The van der Waals surface area contributed by atoms with Crippen LogP contribution in [0.15, 0.2) is 30.3 Å². The van der Waals surface area contributed by atoms with Gasteiger partial charge in [-0.05, 0) is 25.0 Å². The van der Waals surface area contributed by atoms with Crippen LogP contribution in [0, 0.1) is 0 Å². The Balaban J connectivity index is 2.17. The van der Waals surface area contributed by atoms with Crippen LogP contribution in [0.1, 0.15) is 23.2 Å². The van der Waals surface area contributed by atoms with Gasteiger partial charge in [-0.25, -0.2) is 5.48 Å². The first-order valence-electron chi connectivity index (χ1n) is 5.54. The number of nitrogens with one attached hydrogen (secondary N) is 1. The Hall–Kier alpha value is -1.88. The Labute approximate surface area is 99.0 Å². The van der Waals surface area contributed by atoms with Gasteiger partial charge in [0.05, 0.1) is 0 Å². The van der Waals surface area contributed by atoms with Gasteiger partial charge in [-0.15, -0.1) is 0 Å². The molecule has 1 atom stereocenters. The second kappa shape index (κ2) is 4.97. The lowest BCUT2D eigenvalue weighted by molar-refractivity contribution is -0.133. The van der Waals surface area contributed by atoms with E-state index < -0.39 is 11.9 Å². The lowest BCUT2D eigenvalue weighted by atomic mass is 10.1. The summed E-state index contributed by atoms with van der Waals surface area (Å²) in [5.74, 6) is -0.691. The molecule has 0 unspecified atom stereocenters. The second-order valence-corrected chi connectivity index (χ2v) is 4.00. The maximum atomic E-state index is 12.1. The van der Waals surface area contributed by atoms with E-state index >= 15 is 0 Å². The van der Waals surface area contributed by atoms with E-state index in [1.165, 1.54) is 4.90 Å². The van der Waals surface area contributed by atoms with Gasteiger partial charge < -0.3 is 4.90 Å². The molecule has 2 rings (SSSR count). The number of hydrogen-bond donors (Lipinski definition) is 2. The third-order valence-electron chi connectivity index (χ3n) is 2.95. The quantitative estimate of drug-likeness (QED) is 0.587. The molecule has 17 heavy (non-hydrogen) atoms. The van der Waals surface area contributed by atoms with E-state index in [9.17, 15) is 9.59 Å². The van der Waals surface area contributed by atoms with Gasteiger partial charge in [-0.1, -0.05) is 18.2 Å². The average molecular weight is 234 g/mol. The number of hydrogen-bond acceptors (Lipinski definition) is 3. The molecule has 0 radical (unpaired) electrons. The average Bonchev–Trinajstić information content (AvgIpc) is 2.87. The highest BCUT2D eigenvalue weighted by Crippen LogP contribution is 2.20. The lowest BCUT2D eigenvalue weighted by Crippen LogP contribution is -2.45. The topological polar surface area (TPSA) is 69.6 Å². The fourth-order valence-electron chi connectivity index (χ4n) is 2.10. The monoisotopic (exact) mass is 234 g/mol. The van der Waals surface area contributed by atoms with Gasteiger partial charge in [0.25, 0.3) is 11.8 Å². The first kappa shape index (κ1) is 11.6. The van der Waals surface area contributed by atoms with E-state index in [1.807, 2.05) is 6.07 Å². The van der Waals surface area contributed by atoms with E-state index in [2.05, 4.69) is 0 Å². The summed E-state index contributed by atoms with van der Waals surface area (Å²) in [6.45, 7) is 0.547. The summed E-state index contributed by atoms with van der Waals surface area (Å²) in [6, 6.07) is 8.27. The van der Waals surface area contributed by atoms with Gasteiger partial charge in [-0.3, -0.25) is 14.8 Å². The van der Waals surface area contributed by atoms with Crippen molar-refractivity contribution in [2.45, 2.75) is 18.9 Å². The summed E-state index contributed by atoms with van der Waals surface area (Å²) in [4.78, 5) is 25.0. The van der Waals surface area contributed by atoms with Crippen molar-refractivity contribution in [1.29, 1.82) is 0 Å². The molecule has 2 amide bonds. The fourth-order valence-corrected chi connectivity index (χ4v) is 2.10. The van der Waals surface area contributed by atoms with E-state index in [4.69, 9.17) is 5.21 Å². The minimum absolute atomic E-state index is 0.170. The van der Waals surface area contributed by atoms with Crippen molar-refractivity contribution < 1.29 is 14.8 Å². The third-order valence-corrected chi connectivity index (χ3v) is 2.95. The molecule has 1 heterocycles. The molecule has 0 aliphatic carbocycles. The normalized spacial score (nSPS) is 19.1. The van der Waals surface area contributed by atoms with Crippen LogP contribution >= 0.6 is 0 Å². The molecular formula is C12H14N2O3. The van der Waals surface area contributed by atoms with Crippen molar-refractivity contribution in [3.63, 3.8) is 0 Å². The van der Waals surface area contributed by atoms with Crippen molar-refractivity contribution >= 4 is 11.8 Å². The van der Waals surface area contributed by atoms with Crippen LogP contribution in [0.3, 0.4) is 0 Å². The molecule has 1 aliphatic heterocycles. The largest absolute Gasteiger partial charge is 0.327 e. The predicted molar refractivity (Wildman–Crippen MR) is 60.4 cm³/mol. The summed E-state index contributed by atoms with van der Waals surface area (Å²) in [6.07, 6.45) is 1.36. The molecule has 1 aromatic carbocycles. The Morgan fingerprint density at radius 2 is 2.00 bits per heavy atom. The predicted octanol–water partition coefficient (Wildman–Crippen LogP) is 0.797. The highest BCUT2D eigenvalue weighted by Gasteiger charge is 2.34. The Morgan fingerprint density at radius 3 is 2.65 bits per heavy atom. The summed E-state index contributed by atoms with van der Waals surface area (Å²) < 4.78 is 0. The summed E-state index contributed by atoms with van der Waals surface area (Å²) in [5, 5.41) is 8.63. The van der Waals surface area contributed by atoms with Crippen LogP contribution in [-0.2, 0) is 4.79 Å². The molecule has 1 aliphatic rings. The highest BCUT2D eigenvalue weighted by atomic mass is 16.5. The molecule has 5 heteroatoms.